The number of para-hydroxylation sites is 1. The van der Waals surface area contributed by atoms with Crippen molar-refractivity contribution < 1.29 is 8.42 Å². The molecule has 0 atom stereocenters. The van der Waals surface area contributed by atoms with E-state index < -0.39 is 10.0 Å². The molecule has 0 unspecified atom stereocenters. The highest BCUT2D eigenvalue weighted by Crippen LogP contribution is 2.26. The smallest absolute Gasteiger partial charge is 0.245 e. The van der Waals surface area contributed by atoms with Crippen molar-refractivity contribution in [2.45, 2.75) is 24.8 Å². The summed E-state index contributed by atoms with van der Waals surface area (Å²) in [4.78, 5) is 6.83. The molecule has 0 amide bonds. The van der Waals surface area contributed by atoms with Crippen LogP contribution in [0.3, 0.4) is 0 Å². The van der Waals surface area contributed by atoms with E-state index in [9.17, 15) is 8.42 Å². The highest BCUT2D eigenvalue weighted by Gasteiger charge is 2.29. The Labute approximate surface area is 175 Å². The molecule has 4 rings (SSSR count). The number of rotatable bonds is 4. The highest BCUT2D eigenvalue weighted by atomic mass is 35.5. The lowest BCUT2D eigenvalue weighted by atomic mass is 10.2. The average Bonchev–Trinajstić information content (AvgIpc) is 2.89. The molecule has 1 aliphatic rings. The lowest BCUT2D eigenvalue weighted by molar-refractivity contribution is 0.278. The molecule has 7 nitrogen and oxygen atoms in total. The summed E-state index contributed by atoms with van der Waals surface area (Å²) in [5, 5.41) is 5.83. The second-order valence-electron chi connectivity index (χ2n) is 7.34. The number of aromatic nitrogens is 3. The molecule has 0 radical (unpaired) electrons. The Bertz CT molecular complexity index is 1140. The maximum absolute atomic E-state index is 13.4. The SMILES string of the molecule is Cc1nn(C)c(Cl)c1CN1CCCN(S(=O)(=O)c2cccc3cccnc23)CC1. The van der Waals surface area contributed by atoms with Crippen LogP contribution in [0.1, 0.15) is 17.7 Å². The first-order valence-corrected chi connectivity index (χ1v) is 11.4. The van der Waals surface area contributed by atoms with Crippen LogP contribution in [0.25, 0.3) is 10.9 Å². The van der Waals surface area contributed by atoms with Gasteiger partial charge in [-0.05, 0) is 32.0 Å². The summed E-state index contributed by atoms with van der Waals surface area (Å²) in [6.45, 7) is 4.99. The van der Waals surface area contributed by atoms with Gasteiger partial charge in [-0.3, -0.25) is 14.6 Å². The number of sulfonamides is 1. The maximum atomic E-state index is 13.4. The third kappa shape index (κ3) is 3.90. The second-order valence-corrected chi connectivity index (χ2v) is 9.61. The van der Waals surface area contributed by atoms with Crippen molar-refractivity contribution in [3.63, 3.8) is 0 Å². The van der Waals surface area contributed by atoms with Crippen LogP contribution in [0.4, 0.5) is 0 Å². The van der Waals surface area contributed by atoms with E-state index >= 15 is 0 Å². The van der Waals surface area contributed by atoms with E-state index in [2.05, 4.69) is 15.0 Å². The van der Waals surface area contributed by atoms with E-state index in [0.29, 0.717) is 36.8 Å². The van der Waals surface area contributed by atoms with Crippen molar-refractivity contribution in [3.05, 3.63) is 52.9 Å². The lowest BCUT2D eigenvalue weighted by Crippen LogP contribution is -2.35. The Balaban J connectivity index is 1.54. The molecule has 9 heteroatoms. The van der Waals surface area contributed by atoms with Crippen LogP contribution >= 0.6 is 11.6 Å². The number of pyridine rings is 1. The standard InChI is InChI=1S/C20H24ClN5O2S/c1-15-17(20(21)24(2)23-15)14-25-10-5-11-26(13-12-25)29(27,28)18-8-3-6-16-7-4-9-22-19(16)18/h3-4,6-9H,5,10-14H2,1-2H3. The largest absolute Gasteiger partial charge is 0.298 e. The summed E-state index contributed by atoms with van der Waals surface area (Å²) in [6, 6.07) is 8.99. The van der Waals surface area contributed by atoms with Gasteiger partial charge in [0.1, 0.15) is 10.0 Å². The normalized spacial score (nSPS) is 16.9. The van der Waals surface area contributed by atoms with Gasteiger partial charge in [0.2, 0.25) is 10.0 Å². The summed E-state index contributed by atoms with van der Waals surface area (Å²) in [5.74, 6) is 0. The van der Waals surface area contributed by atoms with E-state index in [1.165, 1.54) is 0 Å². The zero-order valence-corrected chi connectivity index (χ0v) is 18.1. The third-order valence-electron chi connectivity index (χ3n) is 5.41. The summed E-state index contributed by atoms with van der Waals surface area (Å²) in [7, 11) is -1.79. The maximum Gasteiger partial charge on any atom is 0.245 e. The predicted molar refractivity (Wildman–Crippen MR) is 113 cm³/mol. The number of aryl methyl sites for hydroxylation is 2. The molecule has 1 fully saturated rings. The quantitative estimate of drug-likeness (QED) is 0.632. The molecule has 0 spiro atoms. The van der Waals surface area contributed by atoms with Gasteiger partial charge in [0.15, 0.2) is 0 Å². The molecule has 3 aromatic rings. The minimum absolute atomic E-state index is 0.273. The molecule has 154 valence electrons. The Morgan fingerprint density at radius 1 is 1.10 bits per heavy atom. The fraction of sp³-hybridized carbons (Fsp3) is 0.400. The van der Waals surface area contributed by atoms with Crippen LogP contribution in [0, 0.1) is 6.92 Å². The Kier molecular flexibility index (Phi) is 5.61. The van der Waals surface area contributed by atoms with Gasteiger partial charge in [-0.2, -0.15) is 9.40 Å². The molecular formula is C20H24ClN5O2S. The summed E-state index contributed by atoms with van der Waals surface area (Å²) >= 11 is 6.37. The number of halogens is 1. The summed E-state index contributed by atoms with van der Waals surface area (Å²) in [6.07, 6.45) is 2.39. The van der Waals surface area contributed by atoms with Crippen LogP contribution < -0.4 is 0 Å². The molecule has 0 bridgehead atoms. The second kappa shape index (κ2) is 8.02. The first kappa shape index (κ1) is 20.3. The number of benzene rings is 1. The zero-order chi connectivity index (χ0) is 20.6. The van der Waals surface area contributed by atoms with Gasteiger partial charge in [-0.25, -0.2) is 8.42 Å². The molecule has 29 heavy (non-hydrogen) atoms. The van der Waals surface area contributed by atoms with Crippen molar-refractivity contribution >= 4 is 32.5 Å². The number of nitrogens with zero attached hydrogens (tertiary/aromatic N) is 5. The van der Waals surface area contributed by atoms with E-state index in [1.54, 1.807) is 27.3 Å². The zero-order valence-electron chi connectivity index (χ0n) is 16.5. The van der Waals surface area contributed by atoms with Gasteiger partial charge >= 0.3 is 0 Å². The fourth-order valence-corrected chi connectivity index (χ4v) is 5.72. The highest BCUT2D eigenvalue weighted by molar-refractivity contribution is 7.89. The number of hydrogen-bond donors (Lipinski definition) is 0. The van der Waals surface area contributed by atoms with E-state index in [-0.39, 0.29) is 4.90 Å². The summed E-state index contributed by atoms with van der Waals surface area (Å²) < 4.78 is 30.0. The molecular weight excluding hydrogens is 410 g/mol. The van der Waals surface area contributed by atoms with E-state index in [1.807, 2.05) is 32.2 Å². The van der Waals surface area contributed by atoms with Crippen molar-refractivity contribution in [3.8, 4) is 0 Å². The lowest BCUT2D eigenvalue weighted by Gasteiger charge is -2.22. The van der Waals surface area contributed by atoms with Crippen molar-refractivity contribution in [1.29, 1.82) is 0 Å². The minimum Gasteiger partial charge on any atom is -0.298 e. The molecule has 0 aliphatic carbocycles. The molecule has 0 saturated carbocycles. The van der Waals surface area contributed by atoms with Crippen LogP contribution in [0.5, 0.6) is 0 Å². The van der Waals surface area contributed by atoms with E-state index in [4.69, 9.17) is 11.6 Å². The first-order chi connectivity index (χ1) is 13.9. The first-order valence-electron chi connectivity index (χ1n) is 9.62. The molecule has 2 aromatic heterocycles. The van der Waals surface area contributed by atoms with Gasteiger partial charge in [0, 0.05) is 50.4 Å². The van der Waals surface area contributed by atoms with Crippen LogP contribution in [-0.2, 0) is 23.6 Å². The van der Waals surface area contributed by atoms with Crippen LogP contribution in [0.2, 0.25) is 5.15 Å². The van der Waals surface area contributed by atoms with Gasteiger partial charge < -0.3 is 0 Å². The predicted octanol–water partition coefficient (Wildman–Crippen LogP) is 2.83. The Hall–Kier alpha value is -2.00. The van der Waals surface area contributed by atoms with Crippen LogP contribution in [0.15, 0.2) is 41.4 Å². The van der Waals surface area contributed by atoms with Gasteiger partial charge in [-0.1, -0.05) is 29.8 Å². The van der Waals surface area contributed by atoms with Gasteiger partial charge in [0.05, 0.1) is 11.2 Å². The topological polar surface area (TPSA) is 71.3 Å². The third-order valence-corrected chi connectivity index (χ3v) is 7.82. The molecule has 1 aliphatic heterocycles. The van der Waals surface area contributed by atoms with Crippen LogP contribution in [-0.4, -0.2) is 58.6 Å². The van der Waals surface area contributed by atoms with Crippen molar-refractivity contribution in [2.24, 2.45) is 7.05 Å². The molecule has 0 N–H and O–H groups in total. The van der Waals surface area contributed by atoms with Crippen molar-refractivity contribution in [2.75, 3.05) is 26.2 Å². The minimum atomic E-state index is -3.62. The summed E-state index contributed by atoms with van der Waals surface area (Å²) in [5.41, 5.74) is 2.44. The number of fused-ring (bicyclic) bond motifs is 1. The van der Waals surface area contributed by atoms with Gasteiger partial charge in [0.25, 0.3) is 0 Å². The van der Waals surface area contributed by atoms with Gasteiger partial charge in [-0.15, -0.1) is 0 Å². The average molecular weight is 434 g/mol. The molecule has 1 saturated heterocycles. The van der Waals surface area contributed by atoms with E-state index in [0.717, 1.165) is 29.6 Å². The molecule has 1 aromatic carbocycles. The Morgan fingerprint density at radius 2 is 1.90 bits per heavy atom. The monoisotopic (exact) mass is 433 g/mol. The Morgan fingerprint density at radius 3 is 2.66 bits per heavy atom. The number of hydrogen-bond acceptors (Lipinski definition) is 5. The fourth-order valence-electron chi connectivity index (χ4n) is 3.85. The molecule has 3 heterocycles. The van der Waals surface area contributed by atoms with Crippen molar-refractivity contribution in [1.82, 2.24) is 24.0 Å².